The van der Waals surface area contributed by atoms with E-state index in [9.17, 15) is 29.4 Å². The fourth-order valence-corrected chi connectivity index (χ4v) is 1.82. The Labute approximate surface area is 136 Å². The Bertz CT molecular complexity index is 621. The number of hydrogen-bond acceptors (Lipinski definition) is 7. The van der Waals surface area contributed by atoms with Crippen LogP contribution in [-0.2, 0) is 9.53 Å². The quantitative estimate of drug-likeness (QED) is 0.276. The molecule has 0 unspecified atom stereocenters. The average Bonchev–Trinajstić information content (AvgIpc) is 2.52. The number of unbranched alkanes of at least 4 members (excludes halogenated alkanes) is 3. The molecule has 0 amide bonds. The largest absolute Gasteiger partial charge is 0.475 e. The van der Waals surface area contributed by atoms with Gasteiger partial charge in [-0.3, -0.25) is 20.2 Å². The molecule has 0 saturated carbocycles. The van der Waals surface area contributed by atoms with Crippen LogP contribution in [-0.4, -0.2) is 29.0 Å². The van der Waals surface area contributed by atoms with Crippen LogP contribution < -0.4 is 4.74 Å². The van der Waals surface area contributed by atoms with E-state index in [1.165, 1.54) is 0 Å². The Morgan fingerprint density at radius 2 is 1.79 bits per heavy atom. The van der Waals surface area contributed by atoms with E-state index in [0.29, 0.717) is 18.6 Å². The van der Waals surface area contributed by atoms with Crippen LogP contribution in [0, 0.1) is 26.0 Å². The molecule has 0 aliphatic heterocycles. The Kier molecular flexibility index (Phi) is 7.53. The summed E-state index contributed by atoms with van der Waals surface area (Å²) in [5.41, 5.74) is -1.86. The summed E-state index contributed by atoms with van der Waals surface area (Å²) < 4.78 is 23.3. The first-order valence-electron chi connectivity index (χ1n) is 7.27. The highest BCUT2D eigenvalue weighted by molar-refractivity contribution is 5.71. The second-order valence-electron chi connectivity index (χ2n) is 4.86. The van der Waals surface area contributed by atoms with Crippen molar-refractivity contribution < 1.29 is 28.5 Å². The molecule has 1 rings (SSSR count). The van der Waals surface area contributed by atoms with Crippen LogP contribution in [0.5, 0.6) is 5.75 Å². The van der Waals surface area contributed by atoms with E-state index >= 15 is 0 Å². The number of nitro groups is 2. The van der Waals surface area contributed by atoms with E-state index in [4.69, 9.17) is 9.47 Å². The summed E-state index contributed by atoms with van der Waals surface area (Å²) in [6.07, 6.45) is 3.64. The van der Waals surface area contributed by atoms with Crippen molar-refractivity contribution in [1.82, 2.24) is 0 Å². The lowest BCUT2D eigenvalue weighted by Crippen LogP contribution is -2.16. The Morgan fingerprint density at radius 3 is 2.38 bits per heavy atom. The molecule has 24 heavy (non-hydrogen) atoms. The zero-order chi connectivity index (χ0) is 18.1. The zero-order valence-corrected chi connectivity index (χ0v) is 13.0. The third-order valence-corrected chi connectivity index (χ3v) is 3.03. The standard InChI is InChI=1S/C14H17FN2O7/c1-2-3-4-5-6-23-14(18)9-24-13-7-10(15)11(16(19)20)8-12(13)17(21)22/h7-8H,2-6,9H2,1H3. The Hall–Kier alpha value is -2.78. The normalized spacial score (nSPS) is 10.2. The van der Waals surface area contributed by atoms with Gasteiger partial charge in [-0.05, 0) is 6.42 Å². The Balaban J connectivity index is 2.67. The summed E-state index contributed by atoms with van der Waals surface area (Å²) in [4.78, 5) is 30.9. The van der Waals surface area contributed by atoms with Gasteiger partial charge >= 0.3 is 17.3 Å². The summed E-state index contributed by atoms with van der Waals surface area (Å²) in [6, 6.07) is 0.950. The fraction of sp³-hybridized carbons (Fsp3) is 0.500. The van der Waals surface area contributed by atoms with Crippen molar-refractivity contribution >= 4 is 17.3 Å². The predicted molar refractivity (Wildman–Crippen MR) is 80.3 cm³/mol. The number of hydrogen-bond donors (Lipinski definition) is 0. The predicted octanol–water partition coefficient (Wildman–Crippen LogP) is 3.14. The maximum atomic E-state index is 13.5. The molecule has 0 atom stereocenters. The summed E-state index contributed by atoms with van der Waals surface area (Å²) in [5.74, 6) is -2.64. The highest BCUT2D eigenvalue weighted by Crippen LogP contribution is 2.33. The van der Waals surface area contributed by atoms with Gasteiger partial charge in [-0.1, -0.05) is 26.2 Å². The van der Waals surface area contributed by atoms with Gasteiger partial charge in [-0.15, -0.1) is 0 Å². The maximum absolute atomic E-state index is 13.5. The summed E-state index contributed by atoms with van der Waals surface area (Å²) in [7, 11) is 0. The first-order chi connectivity index (χ1) is 11.4. The minimum absolute atomic E-state index is 0.193. The van der Waals surface area contributed by atoms with E-state index in [1.807, 2.05) is 6.92 Å². The first-order valence-corrected chi connectivity index (χ1v) is 7.27. The number of nitro benzene ring substituents is 2. The topological polar surface area (TPSA) is 122 Å². The fourth-order valence-electron chi connectivity index (χ4n) is 1.82. The van der Waals surface area contributed by atoms with Gasteiger partial charge in [0, 0.05) is 6.07 Å². The van der Waals surface area contributed by atoms with Crippen LogP contribution in [0.1, 0.15) is 32.6 Å². The lowest BCUT2D eigenvalue weighted by molar-refractivity contribution is -0.396. The van der Waals surface area contributed by atoms with Crippen molar-refractivity contribution in [2.24, 2.45) is 0 Å². The molecule has 1 aromatic rings. The molecule has 0 aliphatic rings. The van der Waals surface area contributed by atoms with E-state index in [0.717, 1.165) is 19.3 Å². The molecule has 0 bridgehead atoms. The van der Waals surface area contributed by atoms with E-state index in [-0.39, 0.29) is 6.61 Å². The number of rotatable bonds is 10. The molecule has 0 heterocycles. The molecule has 9 nitrogen and oxygen atoms in total. The van der Waals surface area contributed by atoms with Gasteiger partial charge in [0.2, 0.25) is 11.6 Å². The molecule has 0 aliphatic carbocycles. The van der Waals surface area contributed by atoms with Crippen molar-refractivity contribution in [3.05, 3.63) is 38.2 Å². The lowest BCUT2D eigenvalue weighted by Gasteiger charge is -2.07. The minimum Gasteiger partial charge on any atom is -0.475 e. The lowest BCUT2D eigenvalue weighted by atomic mass is 10.2. The van der Waals surface area contributed by atoms with E-state index < -0.39 is 45.4 Å². The third-order valence-electron chi connectivity index (χ3n) is 3.03. The van der Waals surface area contributed by atoms with Crippen LogP contribution in [0.15, 0.2) is 12.1 Å². The van der Waals surface area contributed by atoms with Gasteiger partial charge in [-0.25, -0.2) is 4.79 Å². The molecule has 1 aromatic carbocycles. The van der Waals surface area contributed by atoms with Crippen molar-refractivity contribution in [2.75, 3.05) is 13.2 Å². The number of benzene rings is 1. The SMILES string of the molecule is CCCCCCOC(=O)COc1cc(F)c([N+](=O)[O-])cc1[N+](=O)[O-]. The smallest absolute Gasteiger partial charge is 0.344 e. The van der Waals surface area contributed by atoms with Crippen LogP contribution in [0.2, 0.25) is 0 Å². The van der Waals surface area contributed by atoms with Crippen LogP contribution in [0.4, 0.5) is 15.8 Å². The van der Waals surface area contributed by atoms with Crippen molar-refractivity contribution in [2.45, 2.75) is 32.6 Å². The van der Waals surface area contributed by atoms with Crippen molar-refractivity contribution in [3.8, 4) is 5.75 Å². The molecule has 0 radical (unpaired) electrons. The summed E-state index contributed by atoms with van der Waals surface area (Å²) >= 11 is 0. The van der Waals surface area contributed by atoms with Gasteiger partial charge in [0.1, 0.15) is 6.07 Å². The van der Waals surface area contributed by atoms with Crippen molar-refractivity contribution in [1.29, 1.82) is 0 Å². The highest BCUT2D eigenvalue weighted by Gasteiger charge is 2.26. The second kappa shape index (κ2) is 9.38. The summed E-state index contributed by atoms with van der Waals surface area (Å²) in [5, 5.41) is 21.5. The number of ether oxygens (including phenoxy) is 2. The first kappa shape index (κ1) is 19.3. The molecule has 0 spiro atoms. The molecule has 0 saturated heterocycles. The van der Waals surface area contributed by atoms with Gasteiger partial charge in [0.15, 0.2) is 6.61 Å². The van der Waals surface area contributed by atoms with Crippen LogP contribution in [0.3, 0.4) is 0 Å². The second-order valence-corrected chi connectivity index (χ2v) is 4.86. The number of nitrogens with zero attached hydrogens (tertiary/aromatic N) is 2. The van der Waals surface area contributed by atoms with E-state index in [1.54, 1.807) is 0 Å². The minimum atomic E-state index is -1.30. The van der Waals surface area contributed by atoms with E-state index in [2.05, 4.69) is 0 Å². The molecule has 0 fully saturated rings. The third kappa shape index (κ3) is 5.78. The molecule has 132 valence electrons. The molecular formula is C14H17FN2O7. The Morgan fingerprint density at radius 1 is 1.12 bits per heavy atom. The van der Waals surface area contributed by atoms with Gasteiger partial charge < -0.3 is 9.47 Å². The summed E-state index contributed by atoms with van der Waals surface area (Å²) in [6.45, 7) is 1.57. The average molecular weight is 344 g/mol. The highest BCUT2D eigenvalue weighted by atomic mass is 19.1. The monoisotopic (exact) mass is 344 g/mol. The zero-order valence-electron chi connectivity index (χ0n) is 13.0. The number of carbonyl (C=O) groups excluding carboxylic acids is 1. The number of esters is 1. The maximum Gasteiger partial charge on any atom is 0.344 e. The van der Waals surface area contributed by atoms with Gasteiger partial charge in [-0.2, -0.15) is 4.39 Å². The molecule has 0 aromatic heterocycles. The van der Waals surface area contributed by atoms with Gasteiger partial charge in [0.05, 0.1) is 16.5 Å². The molecule has 0 N–H and O–H groups in total. The van der Waals surface area contributed by atoms with Crippen molar-refractivity contribution in [3.63, 3.8) is 0 Å². The molecular weight excluding hydrogens is 327 g/mol. The van der Waals surface area contributed by atoms with Gasteiger partial charge in [0.25, 0.3) is 0 Å². The van der Waals surface area contributed by atoms with Crippen LogP contribution in [0.25, 0.3) is 0 Å². The van der Waals surface area contributed by atoms with Crippen LogP contribution >= 0.6 is 0 Å². The molecule has 10 heteroatoms. The number of carbonyl (C=O) groups is 1. The number of halogens is 1.